The molecule has 1 aliphatic rings. The van der Waals surface area contributed by atoms with E-state index in [2.05, 4.69) is 10.6 Å². The highest BCUT2D eigenvalue weighted by Crippen LogP contribution is 2.35. The van der Waals surface area contributed by atoms with E-state index in [9.17, 15) is 19.7 Å². The third-order valence-corrected chi connectivity index (χ3v) is 4.43. The second kappa shape index (κ2) is 8.05. The van der Waals surface area contributed by atoms with Crippen LogP contribution in [0.3, 0.4) is 0 Å². The zero-order valence-electron chi connectivity index (χ0n) is 16.0. The molecule has 2 aromatic rings. The van der Waals surface area contributed by atoms with E-state index in [-0.39, 0.29) is 29.6 Å². The van der Waals surface area contributed by atoms with Gasteiger partial charge >= 0.3 is 0 Å². The highest BCUT2D eigenvalue weighted by molar-refractivity contribution is 5.99. The van der Waals surface area contributed by atoms with Crippen LogP contribution in [0.2, 0.25) is 0 Å². The number of carbonyl (C=O) groups is 2. The first kappa shape index (κ1) is 19.9. The molecule has 0 bridgehead atoms. The summed E-state index contributed by atoms with van der Waals surface area (Å²) in [6.07, 6.45) is 0. The molecule has 152 valence electrons. The number of fused-ring (bicyclic) bond motifs is 1. The van der Waals surface area contributed by atoms with E-state index in [0.29, 0.717) is 17.0 Å². The summed E-state index contributed by atoms with van der Waals surface area (Å²) in [5, 5.41) is 16.8. The molecule has 29 heavy (non-hydrogen) atoms. The lowest BCUT2D eigenvalue weighted by molar-refractivity contribution is -0.385. The number of methoxy groups -OCH3 is 2. The Morgan fingerprint density at radius 1 is 1.24 bits per heavy atom. The number of nitrogens with zero attached hydrogens (tertiary/aromatic N) is 1. The molecule has 0 saturated heterocycles. The van der Waals surface area contributed by atoms with Gasteiger partial charge in [0.1, 0.15) is 11.3 Å². The van der Waals surface area contributed by atoms with Gasteiger partial charge in [-0.3, -0.25) is 19.7 Å². The van der Waals surface area contributed by atoms with Crippen LogP contribution in [-0.4, -0.2) is 37.6 Å². The molecule has 0 aromatic heterocycles. The molecule has 2 N–H and O–H groups in total. The smallest absolute Gasteiger partial charge is 0.286 e. The van der Waals surface area contributed by atoms with Gasteiger partial charge in [0, 0.05) is 6.07 Å². The minimum Gasteiger partial charge on any atom is -0.493 e. The van der Waals surface area contributed by atoms with E-state index in [1.54, 1.807) is 25.1 Å². The second-order valence-corrected chi connectivity index (χ2v) is 6.27. The molecule has 0 saturated carbocycles. The Hall–Kier alpha value is -3.82. The highest BCUT2D eigenvalue weighted by Gasteiger charge is 2.26. The summed E-state index contributed by atoms with van der Waals surface area (Å²) in [5.74, 6) is -0.0448. The average molecular weight is 401 g/mol. The fourth-order valence-corrected chi connectivity index (χ4v) is 2.93. The van der Waals surface area contributed by atoms with Crippen LogP contribution < -0.4 is 24.8 Å². The zero-order chi connectivity index (χ0) is 21.1. The summed E-state index contributed by atoms with van der Waals surface area (Å²) in [5.41, 5.74) is 0.621. The minimum atomic E-state index is -0.659. The van der Waals surface area contributed by atoms with Gasteiger partial charge in [-0.1, -0.05) is 6.07 Å². The number of nitro benzene ring substituents is 1. The number of anilines is 1. The Bertz CT molecular complexity index is 990. The van der Waals surface area contributed by atoms with Crippen LogP contribution in [-0.2, 0) is 4.79 Å². The molecule has 1 unspecified atom stereocenters. The maximum absolute atomic E-state index is 12.8. The Kier molecular flexibility index (Phi) is 5.53. The van der Waals surface area contributed by atoms with E-state index < -0.39 is 22.6 Å². The maximum Gasteiger partial charge on any atom is 0.286 e. The summed E-state index contributed by atoms with van der Waals surface area (Å²) >= 11 is 0. The lowest BCUT2D eigenvalue weighted by atomic mass is 10.1. The summed E-state index contributed by atoms with van der Waals surface area (Å²) in [6, 6.07) is 7.01. The molecule has 1 atom stereocenters. The van der Waals surface area contributed by atoms with Gasteiger partial charge < -0.3 is 24.8 Å². The van der Waals surface area contributed by atoms with E-state index >= 15 is 0 Å². The number of benzene rings is 2. The van der Waals surface area contributed by atoms with Crippen molar-refractivity contribution in [1.82, 2.24) is 5.32 Å². The molecule has 2 amide bonds. The lowest BCUT2D eigenvalue weighted by Gasteiger charge is -2.21. The van der Waals surface area contributed by atoms with Crippen molar-refractivity contribution in [3.63, 3.8) is 0 Å². The number of carbonyl (C=O) groups excluding carboxylic acids is 2. The van der Waals surface area contributed by atoms with Gasteiger partial charge in [0.2, 0.25) is 0 Å². The molecule has 10 heteroatoms. The number of nitro groups is 1. The minimum absolute atomic E-state index is 0.0540. The Labute approximate surface area is 165 Å². The van der Waals surface area contributed by atoms with E-state index in [0.717, 1.165) is 6.07 Å². The molecule has 3 rings (SSSR count). The van der Waals surface area contributed by atoms with E-state index in [4.69, 9.17) is 14.2 Å². The predicted octanol–water partition coefficient (Wildman–Crippen LogP) is 2.43. The Morgan fingerprint density at radius 3 is 2.59 bits per heavy atom. The van der Waals surface area contributed by atoms with Crippen molar-refractivity contribution in [3.05, 3.63) is 51.6 Å². The van der Waals surface area contributed by atoms with Gasteiger partial charge in [0.15, 0.2) is 18.1 Å². The zero-order valence-corrected chi connectivity index (χ0v) is 16.0. The van der Waals surface area contributed by atoms with Gasteiger partial charge in [0.05, 0.1) is 36.9 Å². The third kappa shape index (κ3) is 4.05. The summed E-state index contributed by atoms with van der Waals surface area (Å²) < 4.78 is 15.5. The van der Waals surface area contributed by atoms with Crippen molar-refractivity contribution >= 4 is 23.2 Å². The van der Waals surface area contributed by atoms with Gasteiger partial charge in [-0.15, -0.1) is 0 Å². The van der Waals surface area contributed by atoms with Crippen LogP contribution >= 0.6 is 0 Å². The van der Waals surface area contributed by atoms with Gasteiger partial charge in [-0.25, -0.2) is 0 Å². The average Bonchev–Trinajstić information content (AvgIpc) is 2.71. The van der Waals surface area contributed by atoms with Crippen LogP contribution in [0, 0.1) is 10.1 Å². The van der Waals surface area contributed by atoms with Crippen molar-refractivity contribution < 1.29 is 28.7 Å². The monoisotopic (exact) mass is 401 g/mol. The maximum atomic E-state index is 12.8. The van der Waals surface area contributed by atoms with Gasteiger partial charge in [-0.05, 0) is 24.6 Å². The van der Waals surface area contributed by atoms with Crippen molar-refractivity contribution in [1.29, 1.82) is 0 Å². The predicted molar refractivity (Wildman–Crippen MR) is 103 cm³/mol. The first-order valence-corrected chi connectivity index (χ1v) is 8.62. The number of nitrogens with one attached hydrogen (secondary N) is 2. The SMILES string of the molecule is COc1cc(C(=O)NC(C)c2ccc3c(c2)NC(=O)CO3)c([N+](=O)[O-])cc1OC. The van der Waals surface area contributed by atoms with Gasteiger partial charge in [0.25, 0.3) is 17.5 Å². The van der Waals surface area contributed by atoms with Crippen molar-refractivity contribution in [2.24, 2.45) is 0 Å². The highest BCUT2D eigenvalue weighted by atomic mass is 16.6. The molecule has 0 fully saturated rings. The molecule has 10 nitrogen and oxygen atoms in total. The molecule has 0 aliphatic carbocycles. The van der Waals surface area contributed by atoms with Crippen LogP contribution in [0.1, 0.15) is 28.9 Å². The fraction of sp³-hybridized carbons (Fsp3) is 0.263. The molecule has 0 radical (unpaired) electrons. The molecule has 1 aliphatic heterocycles. The molecule has 2 aromatic carbocycles. The Balaban J connectivity index is 1.87. The summed E-state index contributed by atoms with van der Waals surface area (Å²) in [4.78, 5) is 35.0. The first-order valence-electron chi connectivity index (χ1n) is 8.62. The number of hydrogen-bond donors (Lipinski definition) is 2. The number of hydrogen-bond acceptors (Lipinski definition) is 7. The van der Waals surface area contributed by atoms with Crippen molar-refractivity contribution in [2.45, 2.75) is 13.0 Å². The Morgan fingerprint density at radius 2 is 1.93 bits per heavy atom. The molecular formula is C19H19N3O7. The van der Waals surface area contributed by atoms with Crippen LogP contribution in [0.25, 0.3) is 0 Å². The van der Waals surface area contributed by atoms with Crippen LogP contribution in [0.15, 0.2) is 30.3 Å². The second-order valence-electron chi connectivity index (χ2n) is 6.27. The number of rotatable bonds is 6. The number of ether oxygens (including phenoxy) is 3. The van der Waals surface area contributed by atoms with Crippen LogP contribution in [0.5, 0.6) is 17.2 Å². The van der Waals surface area contributed by atoms with Crippen molar-refractivity contribution in [2.75, 3.05) is 26.1 Å². The topological polar surface area (TPSA) is 129 Å². The largest absolute Gasteiger partial charge is 0.493 e. The van der Waals surface area contributed by atoms with E-state index in [1.807, 2.05) is 0 Å². The third-order valence-electron chi connectivity index (χ3n) is 4.43. The standard InChI is InChI=1S/C19H19N3O7/c1-10(11-4-5-15-13(6-11)21-18(23)9-29-15)20-19(24)12-7-16(27-2)17(28-3)8-14(12)22(25)26/h4-8,10H,9H2,1-3H3,(H,20,24)(H,21,23). The van der Waals surface area contributed by atoms with E-state index in [1.165, 1.54) is 20.3 Å². The van der Waals surface area contributed by atoms with Crippen molar-refractivity contribution in [3.8, 4) is 17.2 Å². The first-order chi connectivity index (χ1) is 13.8. The quantitative estimate of drug-likeness (QED) is 0.562. The fourth-order valence-electron chi connectivity index (χ4n) is 2.93. The normalized spacial score (nSPS) is 13.4. The number of amides is 2. The summed E-state index contributed by atoms with van der Waals surface area (Å²) in [6.45, 7) is 1.67. The van der Waals surface area contributed by atoms with Gasteiger partial charge in [-0.2, -0.15) is 0 Å². The molecule has 1 heterocycles. The molecular weight excluding hydrogens is 382 g/mol. The lowest BCUT2D eigenvalue weighted by Crippen LogP contribution is -2.28. The van der Waals surface area contributed by atoms with Crippen LogP contribution in [0.4, 0.5) is 11.4 Å². The summed E-state index contributed by atoms with van der Waals surface area (Å²) in [7, 11) is 2.72. The molecule has 0 spiro atoms.